The van der Waals surface area contributed by atoms with Gasteiger partial charge in [0.15, 0.2) is 0 Å². The van der Waals surface area contributed by atoms with Crippen LogP contribution in [0.25, 0.3) is 23.3 Å². The number of aromatic nitrogens is 1. The van der Waals surface area contributed by atoms with Crippen LogP contribution < -0.4 is 5.56 Å². The van der Waals surface area contributed by atoms with E-state index in [1.54, 1.807) is 25.3 Å². The standard InChI is InChI=1S/C19H17Cl2NO2/c1-5-12-13(6-2)19(24)22(4)16(9-10-23)17(12)14-7-8-15(20)11(3)18(14)21/h5-8,10H,1-2,9H2,3-4H3. The number of carbonyl (C=O) groups excluding carboxylic acids is 1. The molecule has 0 saturated carbocycles. The van der Waals surface area contributed by atoms with E-state index in [2.05, 4.69) is 13.2 Å². The lowest BCUT2D eigenvalue weighted by Crippen LogP contribution is -2.25. The van der Waals surface area contributed by atoms with Crippen molar-refractivity contribution in [2.75, 3.05) is 0 Å². The van der Waals surface area contributed by atoms with Gasteiger partial charge >= 0.3 is 0 Å². The Hall–Kier alpha value is -2.10. The zero-order valence-electron chi connectivity index (χ0n) is 13.5. The minimum Gasteiger partial charge on any atom is -0.314 e. The van der Waals surface area contributed by atoms with Gasteiger partial charge in [0.25, 0.3) is 5.56 Å². The highest BCUT2D eigenvalue weighted by Crippen LogP contribution is 2.38. The molecular formula is C19H17Cl2NO2. The lowest BCUT2D eigenvalue weighted by Gasteiger charge is -2.20. The van der Waals surface area contributed by atoms with Crippen molar-refractivity contribution in [2.24, 2.45) is 7.05 Å². The molecule has 124 valence electrons. The van der Waals surface area contributed by atoms with Crippen LogP contribution in [-0.2, 0) is 18.3 Å². The Balaban J connectivity index is 3.06. The van der Waals surface area contributed by atoms with Crippen LogP contribution in [0.3, 0.4) is 0 Å². The van der Waals surface area contributed by atoms with Gasteiger partial charge in [-0.05, 0) is 24.1 Å². The van der Waals surface area contributed by atoms with Gasteiger partial charge in [-0.3, -0.25) is 4.79 Å². The van der Waals surface area contributed by atoms with Crippen molar-refractivity contribution in [3.05, 3.63) is 68.1 Å². The molecule has 0 atom stereocenters. The SMILES string of the molecule is C=Cc1c(-c2ccc(Cl)c(C)c2Cl)c(CC=O)n(C)c(=O)c1C=C. The topological polar surface area (TPSA) is 39.1 Å². The quantitative estimate of drug-likeness (QED) is 0.724. The molecule has 3 nitrogen and oxygen atoms in total. The molecule has 0 unspecified atom stereocenters. The van der Waals surface area contributed by atoms with E-state index in [1.165, 1.54) is 10.6 Å². The fourth-order valence-electron chi connectivity index (χ4n) is 2.76. The van der Waals surface area contributed by atoms with Gasteiger partial charge in [0, 0.05) is 40.9 Å². The monoisotopic (exact) mass is 361 g/mol. The first-order chi connectivity index (χ1) is 11.4. The van der Waals surface area contributed by atoms with Gasteiger partial charge in [-0.25, -0.2) is 0 Å². The summed E-state index contributed by atoms with van der Waals surface area (Å²) in [6.45, 7) is 9.35. The normalized spacial score (nSPS) is 10.5. The first-order valence-electron chi connectivity index (χ1n) is 7.28. The van der Waals surface area contributed by atoms with Crippen molar-refractivity contribution in [3.63, 3.8) is 0 Å². The van der Waals surface area contributed by atoms with E-state index in [9.17, 15) is 9.59 Å². The van der Waals surface area contributed by atoms with E-state index < -0.39 is 0 Å². The van der Waals surface area contributed by atoms with Crippen LogP contribution in [0.1, 0.15) is 22.4 Å². The zero-order chi connectivity index (χ0) is 18.0. The molecule has 0 amide bonds. The average Bonchev–Trinajstić information content (AvgIpc) is 2.57. The second-order valence-electron chi connectivity index (χ2n) is 5.33. The minimum absolute atomic E-state index is 0.0807. The third-order valence-electron chi connectivity index (χ3n) is 4.06. The molecule has 24 heavy (non-hydrogen) atoms. The highest BCUT2D eigenvalue weighted by atomic mass is 35.5. The Morgan fingerprint density at radius 1 is 1.17 bits per heavy atom. The maximum atomic E-state index is 12.5. The van der Waals surface area contributed by atoms with Crippen LogP contribution in [0.4, 0.5) is 0 Å². The third-order valence-corrected chi connectivity index (χ3v) is 4.96. The summed E-state index contributed by atoms with van der Waals surface area (Å²) in [5.74, 6) is 0. The smallest absolute Gasteiger partial charge is 0.258 e. The molecule has 0 N–H and O–H groups in total. The zero-order valence-corrected chi connectivity index (χ0v) is 15.0. The molecular weight excluding hydrogens is 345 g/mol. The summed E-state index contributed by atoms with van der Waals surface area (Å²) in [5.41, 5.74) is 3.48. The largest absolute Gasteiger partial charge is 0.314 e. The summed E-state index contributed by atoms with van der Waals surface area (Å²) in [6.07, 6.45) is 3.92. The summed E-state index contributed by atoms with van der Waals surface area (Å²) >= 11 is 12.6. The lowest BCUT2D eigenvalue weighted by molar-refractivity contribution is -0.107. The van der Waals surface area contributed by atoms with Gasteiger partial charge in [-0.1, -0.05) is 54.6 Å². The molecule has 0 fully saturated rings. The number of pyridine rings is 1. The van der Waals surface area contributed by atoms with E-state index in [-0.39, 0.29) is 12.0 Å². The van der Waals surface area contributed by atoms with Crippen molar-refractivity contribution in [1.29, 1.82) is 0 Å². The molecule has 5 heteroatoms. The van der Waals surface area contributed by atoms with Crippen molar-refractivity contribution in [3.8, 4) is 11.1 Å². The van der Waals surface area contributed by atoms with E-state index >= 15 is 0 Å². The highest BCUT2D eigenvalue weighted by molar-refractivity contribution is 6.37. The predicted molar refractivity (Wildman–Crippen MR) is 102 cm³/mol. The van der Waals surface area contributed by atoms with Crippen LogP contribution in [0.2, 0.25) is 10.0 Å². The summed E-state index contributed by atoms with van der Waals surface area (Å²) in [7, 11) is 1.63. The van der Waals surface area contributed by atoms with Crippen molar-refractivity contribution in [1.82, 2.24) is 4.57 Å². The molecule has 2 aromatic rings. The predicted octanol–water partition coefficient (Wildman–Crippen LogP) is 4.69. The van der Waals surface area contributed by atoms with Gasteiger partial charge < -0.3 is 9.36 Å². The number of hydrogen-bond donors (Lipinski definition) is 0. The molecule has 0 spiro atoms. The number of halogens is 2. The van der Waals surface area contributed by atoms with Crippen LogP contribution in [0.15, 0.2) is 30.1 Å². The summed E-state index contributed by atoms with van der Waals surface area (Å²) < 4.78 is 1.45. The Kier molecular flexibility index (Phi) is 5.47. The Morgan fingerprint density at radius 2 is 1.79 bits per heavy atom. The fraction of sp³-hybridized carbons (Fsp3) is 0.158. The summed E-state index contributed by atoms with van der Waals surface area (Å²) in [6, 6.07) is 3.53. The summed E-state index contributed by atoms with van der Waals surface area (Å²) in [5, 5.41) is 1.03. The minimum atomic E-state index is -0.234. The highest BCUT2D eigenvalue weighted by Gasteiger charge is 2.21. The molecule has 2 rings (SSSR count). The van der Waals surface area contributed by atoms with Gasteiger partial charge in [0.2, 0.25) is 0 Å². The van der Waals surface area contributed by atoms with Gasteiger partial charge in [-0.2, -0.15) is 0 Å². The van der Waals surface area contributed by atoms with Gasteiger partial charge in [0.05, 0.1) is 5.02 Å². The van der Waals surface area contributed by atoms with Crippen LogP contribution in [0.5, 0.6) is 0 Å². The molecule has 1 heterocycles. The molecule has 1 aromatic heterocycles. The Labute approximate surface area is 150 Å². The Morgan fingerprint density at radius 3 is 2.33 bits per heavy atom. The third kappa shape index (κ3) is 2.85. The van der Waals surface area contributed by atoms with Gasteiger partial charge in [0.1, 0.15) is 6.29 Å². The van der Waals surface area contributed by atoms with Crippen molar-refractivity contribution >= 4 is 41.6 Å². The number of rotatable bonds is 5. The average molecular weight is 362 g/mol. The number of hydrogen-bond acceptors (Lipinski definition) is 2. The van der Waals surface area contributed by atoms with E-state index in [0.29, 0.717) is 38.0 Å². The molecule has 0 radical (unpaired) electrons. The maximum absolute atomic E-state index is 12.5. The molecule has 0 aliphatic carbocycles. The Bertz CT molecular complexity index is 911. The van der Waals surface area contributed by atoms with Gasteiger partial charge in [-0.15, -0.1) is 0 Å². The first-order valence-corrected chi connectivity index (χ1v) is 8.03. The summed E-state index contributed by atoms with van der Waals surface area (Å²) in [4.78, 5) is 23.7. The van der Waals surface area contributed by atoms with Crippen molar-refractivity contribution in [2.45, 2.75) is 13.3 Å². The number of benzene rings is 1. The lowest BCUT2D eigenvalue weighted by atomic mass is 9.92. The first kappa shape index (κ1) is 18.2. The van der Waals surface area contributed by atoms with E-state index in [1.807, 2.05) is 6.92 Å². The molecule has 0 bridgehead atoms. The van der Waals surface area contributed by atoms with Crippen molar-refractivity contribution < 1.29 is 4.79 Å². The molecule has 0 saturated heterocycles. The van der Waals surface area contributed by atoms with Crippen LogP contribution >= 0.6 is 23.2 Å². The molecule has 0 aliphatic heterocycles. The molecule has 1 aromatic carbocycles. The van der Waals surface area contributed by atoms with E-state index in [4.69, 9.17) is 23.2 Å². The molecule has 0 aliphatic rings. The fourth-order valence-corrected chi connectivity index (χ4v) is 3.22. The number of aldehydes is 1. The number of carbonyl (C=O) groups is 1. The van der Waals surface area contributed by atoms with Crippen LogP contribution in [-0.4, -0.2) is 10.9 Å². The van der Waals surface area contributed by atoms with Crippen LogP contribution in [0, 0.1) is 6.92 Å². The second kappa shape index (κ2) is 7.20. The second-order valence-corrected chi connectivity index (χ2v) is 6.11. The number of nitrogens with zero attached hydrogens (tertiary/aromatic N) is 1. The van der Waals surface area contributed by atoms with E-state index in [0.717, 1.165) is 11.8 Å². The maximum Gasteiger partial charge on any atom is 0.258 e.